The Morgan fingerprint density at radius 1 is 1.04 bits per heavy atom. The van der Waals surface area contributed by atoms with Crippen molar-refractivity contribution in [1.29, 1.82) is 0 Å². The van der Waals surface area contributed by atoms with Gasteiger partial charge in [0.05, 0.1) is 0 Å². The van der Waals surface area contributed by atoms with Gasteiger partial charge in [0.15, 0.2) is 5.84 Å². The standard InChI is InChI=1S/C17H16N2O4S/c20-16(21)11-6-12-19(13-7-2-1-3-8-13)17-14-9-4-5-10-15(14)24(22,23)18-17/h1-5,7-10H,6,11-12H2,(H,20,21). The first kappa shape index (κ1) is 16.2. The first-order valence-corrected chi connectivity index (χ1v) is 8.92. The summed E-state index contributed by atoms with van der Waals surface area (Å²) >= 11 is 0. The molecule has 0 bridgehead atoms. The summed E-state index contributed by atoms with van der Waals surface area (Å²) in [5.41, 5.74) is 1.31. The van der Waals surface area contributed by atoms with E-state index < -0.39 is 16.0 Å². The molecule has 0 spiro atoms. The third kappa shape index (κ3) is 3.16. The molecule has 0 aliphatic carbocycles. The number of para-hydroxylation sites is 1. The van der Waals surface area contributed by atoms with Crippen molar-refractivity contribution >= 4 is 27.5 Å². The molecule has 2 aromatic carbocycles. The van der Waals surface area contributed by atoms with Crippen LogP contribution in [0.4, 0.5) is 5.69 Å². The summed E-state index contributed by atoms with van der Waals surface area (Å²) in [4.78, 5) is 12.7. The van der Waals surface area contributed by atoms with Crippen molar-refractivity contribution < 1.29 is 18.3 Å². The maximum Gasteiger partial charge on any atom is 0.303 e. The third-order valence-electron chi connectivity index (χ3n) is 3.71. The molecule has 3 rings (SSSR count). The lowest BCUT2D eigenvalue weighted by Crippen LogP contribution is -2.32. The zero-order valence-corrected chi connectivity index (χ0v) is 13.6. The van der Waals surface area contributed by atoms with Crippen molar-refractivity contribution in [3.05, 3.63) is 60.2 Å². The number of benzene rings is 2. The fraction of sp³-hybridized carbons (Fsp3) is 0.176. The first-order chi connectivity index (χ1) is 11.5. The fourth-order valence-corrected chi connectivity index (χ4v) is 3.85. The lowest BCUT2D eigenvalue weighted by atomic mass is 10.1. The molecule has 0 fully saturated rings. The molecule has 0 saturated carbocycles. The van der Waals surface area contributed by atoms with Gasteiger partial charge in [-0.3, -0.25) is 4.79 Å². The van der Waals surface area contributed by atoms with E-state index in [1.165, 1.54) is 6.07 Å². The number of rotatable bonds is 5. The molecule has 1 aliphatic rings. The zero-order chi connectivity index (χ0) is 17.2. The van der Waals surface area contributed by atoms with Crippen LogP contribution in [0.5, 0.6) is 0 Å². The monoisotopic (exact) mass is 344 g/mol. The molecule has 0 aromatic heterocycles. The topological polar surface area (TPSA) is 87.0 Å². The lowest BCUT2D eigenvalue weighted by Gasteiger charge is -2.24. The van der Waals surface area contributed by atoms with E-state index in [1.807, 2.05) is 30.3 Å². The minimum Gasteiger partial charge on any atom is -0.481 e. The van der Waals surface area contributed by atoms with Crippen molar-refractivity contribution in [1.82, 2.24) is 0 Å². The second-order valence-electron chi connectivity index (χ2n) is 5.37. The van der Waals surface area contributed by atoms with Gasteiger partial charge in [-0.25, -0.2) is 0 Å². The molecule has 0 saturated heterocycles. The van der Waals surface area contributed by atoms with Crippen LogP contribution < -0.4 is 4.90 Å². The van der Waals surface area contributed by atoms with Gasteiger partial charge >= 0.3 is 5.97 Å². The number of aliphatic carboxylic acids is 1. The second-order valence-corrected chi connectivity index (χ2v) is 6.94. The Morgan fingerprint density at radius 2 is 1.71 bits per heavy atom. The molecule has 24 heavy (non-hydrogen) atoms. The Hall–Kier alpha value is -2.67. The Morgan fingerprint density at radius 3 is 2.42 bits per heavy atom. The van der Waals surface area contributed by atoms with Gasteiger partial charge in [0.25, 0.3) is 10.0 Å². The fourth-order valence-electron chi connectivity index (χ4n) is 2.64. The van der Waals surface area contributed by atoms with E-state index in [-0.39, 0.29) is 11.3 Å². The largest absolute Gasteiger partial charge is 0.481 e. The molecule has 0 atom stereocenters. The summed E-state index contributed by atoms with van der Waals surface area (Å²) in [7, 11) is -3.72. The number of hydrogen-bond donors (Lipinski definition) is 1. The van der Waals surface area contributed by atoms with Crippen LogP contribution in [0.15, 0.2) is 63.9 Å². The molecular formula is C17H16N2O4S. The number of nitrogens with zero attached hydrogens (tertiary/aromatic N) is 2. The van der Waals surface area contributed by atoms with Crippen LogP contribution >= 0.6 is 0 Å². The summed E-state index contributed by atoms with van der Waals surface area (Å²) in [6, 6.07) is 15.9. The predicted molar refractivity (Wildman–Crippen MR) is 90.8 cm³/mol. The van der Waals surface area contributed by atoms with Crippen molar-refractivity contribution in [3.8, 4) is 0 Å². The minimum absolute atomic E-state index is 0.00497. The second kappa shape index (κ2) is 6.45. The summed E-state index contributed by atoms with van der Waals surface area (Å²) in [6.07, 6.45) is 0.385. The first-order valence-electron chi connectivity index (χ1n) is 7.48. The van der Waals surface area contributed by atoms with Gasteiger partial charge in [-0.1, -0.05) is 30.3 Å². The van der Waals surface area contributed by atoms with Gasteiger partial charge in [0.2, 0.25) is 0 Å². The number of carboxylic acids is 1. The van der Waals surface area contributed by atoms with Crippen LogP contribution in [0.2, 0.25) is 0 Å². The van der Waals surface area contributed by atoms with Crippen LogP contribution in [-0.2, 0) is 14.8 Å². The van der Waals surface area contributed by atoms with Gasteiger partial charge in [-0.2, -0.15) is 8.42 Å². The maximum atomic E-state index is 12.3. The highest BCUT2D eigenvalue weighted by Crippen LogP contribution is 2.30. The molecule has 1 aliphatic heterocycles. The SMILES string of the molecule is O=C(O)CCCN(C1=NS(=O)(=O)c2ccccc21)c1ccccc1. The van der Waals surface area contributed by atoms with Gasteiger partial charge in [0.1, 0.15) is 4.90 Å². The van der Waals surface area contributed by atoms with E-state index in [0.29, 0.717) is 24.4 Å². The van der Waals surface area contributed by atoms with Gasteiger partial charge in [0, 0.05) is 24.2 Å². The number of carboxylic acid groups (broad SMARTS) is 1. The molecule has 2 aromatic rings. The summed E-state index contributed by atoms with van der Waals surface area (Å²) < 4.78 is 28.5. The number of anilines is 1. The number of hydrogen-bond acceptors (Lipinski definition) is 4. The minimum atomic E-state index is -3.72. The number of amidine groups is 1. The molecule has 1 heterocycles. The van der Waals surface area contributed by atoms with Crippen molar-refractivity contribution in [3.63, 3.8) is 0 Å². The van der Waals surface area contributed by atoms with Crippen molar-refractivity contribution in [2.24, 2.45) is 4.40 Å². The summed E-state index contributed by atoms with van der Waals surface area (Å²) in [5, 5.41) is 8.86. The molecule has 7 heteroatoms. The quantitative estimate of drug-likeness (QED) is 0.900. The summed E-state index contributed by atoms with van der Waals surface area (Å²) in [5.74, 6) is -0.549. The van der Waals surface area contributed by atoms with E-state index in [2.05, 4.69) is 4.40 Å². The van der Waals surface area contributed by atoms with Crippen LogP contribution in [-0.4, -0.2) is 31.9 Å². The normalized spacial score (nSPS) is 14.8. The Kier molecular flexibility index (Phi) is 4.35. The molecule has 0 radical (unpaired) electrons. The maximum absolute atomic E-state index is 12.3. The Labute approximate surface area is 140 Å². The lowest BCUT2D eigenvalue weighted by molar-refractivity contribution is -0.137. The number of sulfonamides is 1. The average Bonchev–Trinajstić information content (AvgIpc) is 2.84. The smallest absolute Gasteiger partial charge is 0.303 e. The zero-order valence-electron chi connectivity index (χ0n) is 12.8. The van der Waals surface area contributed by atoms with Crippen LogP contribution in [0.1, 0.15) is 18.4 Å². The van der Waals surface area contributed by atoms with E-state index in [0.717, 1.165) is 5.69 Å². The molecule has 0 amide bonds. The molecule has 124 valence electrons. The van der Waals surface area contributed by atoms with E-state index in [9.17, 15) is 13.2 Å². The van der Waals surface area contributed by atoms with Crippen LogP contribution in [0, 0.1) is 0 Å². The van der Waals surface area contributed by atoms with Gasteiger partial charge < -0.3 is 10.0 Å². The Balaban J connectivity index is 2.02. The van der Waals surface area contributed by atoms with Crippen LogP contribution in [0.3, 0.4) is 0 Å². The average molecular weight is 344 g/mol. The molecule has 1 N–H and O–H groups in total. The molecular weight excluding hydrogens is 328 g/mol. The van der Waals surface area contributed by atoms with Crippen molar-refractivity contribution in [2.75, 3.05) is 11.4 Å². The van der Waals surface area contributed by atoms with E-state index in [4.69, 9.17) is 5.11 Å². The van der Waals surface area contributed by atoms with E-state index >= 15 is 0 Å². The van der Waals surface area contributed by atoms with E-state index in [1.54, 1.807) is 23.1 Å². The van der Waals surface area contributed by atoms with Crippen molar-refractivity contribution in [2.45, 2.75) is 17.7 Å². The number of carbonyl (C=O) groups is 1. The number of fused-ring (bicyclic) bond motifs is 1. The summed E-state index contributed by atoms with van der Waals surface area (Å²) in [6.45, 7) is 0.360. The van der Waals surface area contributed by atoms with Gasteiger partial charge in [-0.05, 0) is 30.7 Å². The highest BCUT2D eigenvalue weighted by Gasteiger charge is 2.32. The molecule has 0 unspecified atom stereocenters. The highest BCUT2D eigenvalue weighted by molar-refractivity contribution is 7.90. The van der Waals surface area contributed by atoms with Gasteiger partial charge in [-0.15, -0.1) is 4.40 Å². The molecule has 6 nitrogen and oxygen atoms in total. The predicted octanol–water partition coefficient (Wildman–Crippen LogP) is 2.51. The Bertz CT molecular complexity index is 892. The third-order valence-corrected chi connectivity index (χ3v) is 5.03. The van der Waals surface area contributed by atoms with Crippen LogP contribution in [0.25, 0.3) is 0 Å². The highest BCUT2D eigenvalue weighted by atomic mass is 32.2.